The number of aliphatic hydroxyl groups is 1. The van der Waals surface area contributed by atoms with Gasteiger partial charge in [0.15, 0.2) is 0 Å². The summed E-state index contributed by atoms with van der Waals surface area (Å²) >= 11 is 0. The molecule has 2 heteroatoms. The van der Waals surface area contributed by atoms with Gasteiger partial charge in [0.25, 0.3) is 0 Å². The Hall–Kier alpha value is -0.860. The van der Waals surface area contributed by atoms with Crippen molar-refractivity contribution in [1.82, 2.24) is 5.32 Å². The van der Waals surface area contributed by atoms with Gasteiger partial charge < -0.3 is 10.4 Å². The highest BCUT2D eigenvalue weighted by Crippen LogP contribution is 2.30. The molecule has 1 saturated heterocycles. The fourth-order valence-electron chi connectivity index (χ4n) is 2.67. The molecule has 1 fully saturated rings. The summed E-state index contributed by atoms with van der Waals surface area (Å²) in [5, 5.41) is 13.0. The SMILES string of the molecule is Cc1cccc(C(CO)C2CCNCC2)c1. The normalized spacial score (nSPS) is 19.6. The molecule has 1 heterocycles. The smallest absolute Gasteiger partial charge is 0.0502 e. The van der Waals surface area contributed by atoms with Crippen molar-refractivity contribution in [2.75, 3.05) is 19.7 Å². The molecule has 0 spiro atoms. The van der Waals surface area contributed by atoms with Crippen LogP contribution in [-0.4, -0.2) is 24.8 Å². The van der Waals surface area contributed by atoms with Crippen LogP contribution >= 0.6 is 0 Å². The van der Waals surface area contributed by atoms with Crippen LogP contribution in [0.15, 0.2) is 24.3 Å². The van der Waals surface area contributed by atoms with Gasteiger partial charge in [0.2, 0.25) is 0 Å². The van der Waals surface area contributed by atoms with Gasteiger partial charge in [0.05, 0.1) is 6.61 Å². The summed E-state index contributed by atoms with van der Waals surface area (Å²) in [4.78, 5) is 0. The second-order valence-electron chi connectivity index (χ2n) is 4.79. The first-order chi connectivity index (χ1) is 7.81. The molecule has 1 aromatic carbocycles. The van der Waals surface area contributed by atoms with Gasteiger partial charge in [-0.15, -0.1) is 0 Å². The topological polar surface area (TPSA) is 32.3 Å². The van der Waals surface area contributed by atoms with Gasteiger partial charge in [0, 0.05) is 5.92 Å². The van der Waals surface area contributed by atoms with Gasteiger partial charge >= 0.3 is 0 Å². The number of aryl methyl sites for hydroxylation is 1. The maximum atomic E-state index is 9.60. The summed E-state index contributed by atoms with van der Waals surface area (Å²) < 4.78 is 0. The van der Waals surface area contributed by atoms with Gasteiger partial charge in [0.1, 0.15) is 0 Å². The maximum Gasteiger partial charge on any atom is 0.0502 e. The van der Waals surface area contributed by atoms with E-state index in [9.17, 15) is 5.11 Å². The molecule has 88 valence electrons. The van der Waals surface area contributed by atoms with E-state index in [0.29, 0.717) is 11.8 Å². The number of piperidine rings is 1. The molecule has 1 atom stereocenters. The Kier molecular flexibility index (Phi) is 3.97. The summed E-state index contributed by atoms with van der Waals surface area (Å²) in [5.74, 6) is 0.954. The third kappa shape index (κ3) is 2.63. The summed E-state index contributed by atoms with van der Waals surface area (Å²) in [6.07, 6.45) is 2.36. The number of aliphatic hydroxyl groups excluding tert-OH is 1. The van der Waals surface area contributed by atoms with Crippen molar-refractivity contribution in [3.8, 4) is 0 Å². The summed E-state index contributed by atoms with van der Waals surface area (Å²) in [5.41, 5.74) is 2.58. The first-order valence-corrected chi connectivity index (χ1v) is 6.19. The zero-order chi connectivity index (χ0) is 11.4. The zero-order valence-corrected chi connectivity index (χ0v) is 9.95. The Bertz CT molecular complexity index is 331. The van der Waals surface area contributed by atoms with Crippen molar-refractivity contribution in [1.29, 1.82) is 0 Å². The molecular formula is C14H21NO. The van der Waals surface area contributed by atoms with E-state index in [4.69, 9.17) is 0 Å². The van der Waals surface area contributed by atoms with E-state index in [0.717, 1.165) is 13.1 Å². The van der Waals surface area contributed by atoms with Crippen LogP contribution in [0.2, 0.25) is 0 Å². The maximum absolute atomic E-state index is 9.60. The Morgan fingerprint density at radius 1 is 1.38 bits per heavy atom. The third-order valence-corrected chi connectivity index (χ3v) is 3.62. The number of hydrogen-bond donors (Lipinski definition) is 2. The van der Waals surface area contributed by atoms with Crippen LogP contribution in [0.3, 0.4) is 0 Å². The highest BCUT2D eigenvalue weighted by atomic mass is 16.3. The Balaban J connectivity index is 2.14. The highest BCUT2D eigenvalue weighted by Gasteiger charge is 2.24. The van der Waals surface area contributed by atoms with E-state index >= 15 is 0 Å². The van der Waals surface area contributed by atoms with Gasteiger partial charge in [-0.05, 0) is 44.3 Å². The fraction of sp³-hybridized carbons (Fsp3) is 0.571. The molecule has 1 aromatic rings. The molecule has 0 aliphatic carbocycles. The van der Waals surface area contributed by atoms with Gasteiger partial charge in [-0.3, -0.25) is 0 Å². The molecule has 1 unspecified atom stereocenters. The van der Waals surface area contributed by atoms with Crippen molar-refractivity contribution >= 4 is 0 Å². The van der Waals surface area contributed by atoms with E-state index in [-0.39, 0.29) is 6.61 Å². The van der Waals surface area contributed by atoms with E-state index in [2.05, 4.69) is 36.5 Å². The number of rotatable bonds is 3. The second-order valence-corrected chi connectivity index (χ2v) is 4.79. The first kappa shape index (κ1) is 11.6. The minimum Gasteiger partial charge on any atom is -0.396 e. The van der Waals surface area contributed by atoms with Crippen LogP contribution in [0.4, 0.5) is 0 Å². The highest BCUT2D eigenvalue weighted by molar-refractivity contribution is 5.26. The standard InChI is InChI=1S/C14H21NO/c1-11-3-2-4-13(9-11)14(10-16)12-5-7-15-8-6-12/h2-4,9,12,14-16H,5-8,10H2,1H3. The van der Waals surface area contributed by atoms with Crippen molar-refractivity contribution < 1.29 is 5.11 Å². The van der Waals surface area contributed by atoms with Crippen molar-refractivity contribution in [2.45, 2.75) is 25.7 Å². The average molecular weight is 219 g/mol. The van der Waals surface area contributed by atoms with E-state index in [1.165, 1.54) is 24.0 Å². The lowest BCUT2D eigenvalue weighted by molar-refractivity contribution is 0.201. The molecule has 2 nitrogen and oxygen atoms in total. The second kappa shape index (κ2) is 5.46. The van der Waals surface area contributed by atoms with Gasteiger partial charge in [-0.25, -0.2) is 0 Å². The molecule has 2 N–H and O–H groups in total. The lowest BCUT2D eigenvalue weighted by Gasteiger charge is -2.30. The molecule has 1 aliphatic heterocycles. The van der Waals surface area contributed by atoms with Gasteiger partial charge in [-0.2, -0.15) is 0 Å². The summed E-state index contributed by atoms with van der Waals surface area (Å²) in [6.45, 7) is 4.56. The third-order valence-electron chi connectivity index (χ3n) is 3.62. The quantitative estimate of drug-likeness (QED) is 0.815. The molecule has 0 radical (unpaired) electrons. The zero-order valence-electron chi connectivity index (χ0n) is 9.95. The van der Waals surface area contributed by atoms with Crippen molar-refractivity contribution in [3.63, 3.8) is 0 Å². The monoisotopic (exact) mass is 219 g/mol. The molecule has 16 heavy (non-hydrogen) atoms. The Morgan fingerprint density at radius 2 is 2.12 bits per heavy atom. The number of nitrogens with one attached hydrogen (secondary N) is 1. The predicted octanol–water partition coefficient (Wildman–Crippen LogP) is 2.07. The molecule has 0 saturated carbocycles. The lowest BCUT2D eigenvalue weighted by atomic mass is 9.80. The molecule has 0 aromatic heterocycles. The Labute approximate surface area is 97.7 Å². The van der Waals surface area contributed by atoms with Crippen LogP contribution in [-0.2, 0) is 0 Å². The fourth-order valence-corrected chi connectivity index (χ4v) is 2.67. The largest absolute Gasteiger partial charge is 0.396 e. The summed E-state index contributed by atoms with van der Waals surface area (Å²) in [6, 6.07) is 8.56. The molecular weight excluding hydrogens is 198 g/mol. The van der Waals surface area contributed by atoms with Crippen LogP contribution < -0.4 is 5.32 Å². The molecule has 0 bridgehead atoms. The lowest BCUT2D eigenvalue weighted by Crippen LogP contribution is -2.32. The Morgan fingerprint density at radius 3 is 2.75 bits per heavy atom. The van der Waals surface area contributed by atoms with E-state index in [1.54, 1.807) is 0 Å². The van der Waals surface area contributed by atoms with Gasteiger partial charge in [-0.1, -0.05) is 29.8 Å². The minimum absolute atomic E-state index is 0.272. The average Bonchev–Trinajstić information content (AvgIpc) is 2.31. The number of benzene rings is 1. The van der Waals surface area contributed by atoms with E-state index in [1.807, 2.05) is 0 Å². The van der Waals surface area contributed by atoms with E-state index < -0.39 is 0 Å². The first-order valence-electron chi connectivity index (χ1n) is 6.19. The van der Waals surface area contributed by atoms with Crippen molar-refractivity contribution in [3.05, 3.63) is 35.4 Å². The molecule has 0 amide bonds. The minimum atomic E-state index is 0.272. The number of hydrogen-bond acceptors (Lipinski definition) is 2. The van der Waals surface area contributed by atoms with Crippen LogP contribution in [0.5, 0.6) is 0 Å². The molecule has 1 aliphatic rings. The van der Waals surface area contributed by atoms with Crippen molar-refractivity contribution in [2.24, 2.45) is 5.92 Å². The summed E-state index contributed by atoms with van der Waals surface area (Å²) in [7, 11) is 0. The predicted molar refractivity (Wildman–Crippen MR) is 66.6 cm³/mol. The van der Waals surface area contributed by atoms with Crippen LogP contribution in [0.25, 0.3) is 0 Å². The van der Waals surface area contributed by atoms with Crippen LogP contribution in [0.1, 0.15) is 29.9 Å². The molecule has 2 rings (SSSR count). The van der Waals surface area contributed by atoms with Crippen LogP contribution in [0, 0.1) is 12.8 Å².